The molecular weight excluding hydrogens is 282 g/mol. The van der Waals surface area contributed by atoms with Crippen LogP contribution in [0.5, 0.6) is 0 Å². The summed E-state index contributed by atoms with van der Waals surface area (Å²) in [4.78, 5) is 26.2. The van der Waals surface area contributed by atoms with E-state index in [1.165, 1.54) is 0 Å². The summed E-state index contributed by atoms with van der Waals surface area (Å²) in [5.74, 6) is 1.01. The predicted octanol–water partition coefficient (Wildman–Crippen LogP) is 1.27. The van der Waals surface area contributed by atoms with Crippen LogP contribution in [0.4, 0.5) is 11.6 Å². The van der Waals surface area contributed by atoms with Gasteiger partial charge in [-0.15, -0.1) is 0 Å². The first-order chi connectivity index (χ1) is 10.8. The van der Waals surface area contributed by atoms with Gasteiger partial charge >= 0.3 is 0 Å². The molecule has 3 rings (SSSR count). The maximum Gasteiger partial charge on any atom is 0.248 e. The van der Waals surface area contributed by atoms with Crippen molar-refractivity contribution in [2.75, 3.05) is 18.5 Å². The first kappa shape index (κ1) is 14.4. The van der Waals surface area contributed by atoms with Gasteiger partial charge in [-0.2, -0.15) is 0 Å². The van der Waals surface area contributed by atoms with Gasteiger partial charge in [0.2, 0.25) is 5.91 Å². The van der Waals surface area contributed by atoms with Crippen LogP contribution in [0.1, 0.15) is 24.6 Å². The van der Waals surface area contributed by atoms with Gasteiger partial charge in [0.1, 0.15) is 18.2 Å². The number of aliphatic hydroxyl groups excluding tert-OH is 1. The number of aliphatic hydroxyl groups is 1. The molecule has 7 heteroatoms. The number of nitrogens with one attached hydrogen (secondary N) is 1. The van der Waals surface area contributed by atoms with E-state index in [4.69, 9.17) is 5.11 Å². The zero-order valence-corrected chi connectivity index (χ0v) is 12.0. The normalized spacial score (nSPS) is 17.5. The van der Waals surface area contributed by atoms with Crippen molar-refractivity contribution in [3.05, 3.63) is 42.5 Å². The van der Waals surface area contributed by atoms with E-state index in [-0.39, 0.29) is 11.9 Å². The topological polar surface area (TPSA) is 91.2 Å². The number of pyridine rings is 1. The second-order valence-corrected chi connectivity index (χ2v) is 5.07. The average molecular weight is 299 g/mol. The van der Waals surface area contributed by atoms with Gasteiger partial charge in [0.25, 0.3) is 0 Å². The Balaban J connectivity index is 1.80. The predicted molar refractivity (Wildman–Crippen MR) is 80.3 cm³/mol. The Morgan fingerprint density at radius 3 is 3.05 bits per heavy atom. The highest BCUT2D eigenvalue weighted by Crippen LogP contribution is 2.31. The van der Waals surface area contributed by atoms with Gasteiger partial charge in [0.15, 0.2) is 0 Å². The first-order valence-electron chi connectivity index (χ1n) is 7.18. The van der Waals surface area contributed by atoms with E-state index in [0.717, 1.165) is 18.5 Å². The molecule has 1 aliphatic rings. The van der Waals surface area contributed by atoms with Crippen molar-refractivity contribution in [3.8, 4) is 0 Å². The van der Waals surface area contributed by atoms with E-state index in [9.17, 15) is 4.79 Å². The molecule has 7 nitrogen and oxygen atoms in total. The maximum absolute atomic E-state index is 11.8. The van der Waals surface area contributed by atoms with Gasteiger partial charge in [0, 0.05) is 18.9 Å². The summed E-state index contributed by atoms with van der Waals surface area (Å²) in [5.41, 5.74) is 0.813. The number of anilines is 2. The number of carbonyl (C=O) groups excluding carboxylic acids is 1. The summed E-state index contributed by atoms with van der Waals surface area (Å²) in [6.45, 7) is 0.196. The van der Waals surface area contributed by atoms with Gasteiger partial charge in [0.05, 0.1) is 17.9 Å². The van der Waals surface area contributed by atoms with Crippen molar-refractivity contribution in [3.63, 3.8) is 0 Å². The van der Waals surface area contributed by atoms with E-state index >= 15 is 0 Å². The Kier molecular flexibility index (Phi) is 4.24. The van der Waals surface area contributed by atoms with E-state index in [2.05, 4.69) is 20.3 Å². The van der Waals surface area contributed by atoms with Crippen LogP contribution < -0.4 is 5.32 Å². The Morgan fingerprint density at radius 2 is 2.27 bits per heavy atom. The molecule has 2 aromatic rings. The smallest absolute Gasteiger partial charge is 0.248 e. The molecule has 1 aliphatic heterocycles. The second-order valence-electron chi connectivity index (χ2n) is 5.07. The van der Waals surface area contributed by atoms with Crippen molar-refractivity contribution in [1.82, 2.24) is 19.9 Å². The SMILES string of the molecule is O=C(CO)N1CCC[C@H]1c1cccc(Nc2cnccn2)n1. The molecule has 0 aliphatic carbocycles. The quantitative estimate of drug-likeness (QED) is 0.883. The largest absolute Gasteiger partial charge is 0.387 e. The van der Waals surface area contributed by atoms with Crippen molar-refractivity contribution in [1.29, 1.82) is 0 Å². The van der Waals surface area contributed by atoms with Crippen LogP contribution in [0.2, 0.25) is 0 Å². The molecule has 0 radical (unpaired) electrons. The van der Waals surface area contributed by atoms with Crippen LogP contribution in [-0.2, 0) is 4.79 Å². The highest BCUT2D eigenvalue weighted by atomic mass is 16.3. The minimum atomic E-state index is -0.464. The number of carbonyl (C=O) groups is 1. The Hall–Kier alpha value is -2.54. The average Bonchev–Trinajstić information content (AvgIpc) is 3.05. The summed E-state index contributed by atoms with van der Waals surface area (Å²) in [7, 11) is 0. The van der Waals surface area contributed by atoms with E-state index in [1.807, 2.05) is 18.2 Å². The number of likely N-dealkylation sites (tertiary alicyclic amines) is 1. The molecule has 1 amide bonds. The molecule has 0 unspecified atom stereocenters. The molecule has 0 spiro atoms. The number of rotatable bonds is 4. The number of nitrogens with zero attached hydrogens (tertiary/aromatic N) is 4. The van der Waals surface area contributed by atoms with E-state index < -0.39 is 6.61 Å². The zero-order chi connectivity index (χ0) is 15.4. The fraction of sp³-hybridized carbons (Fsp3) is 0.333. The van der Waals surface area contributed by atoms with Gasteiger partial charge in [-0.05, 0) is 25.0 Å². The summed E-state index contributed by atoms with van der Waals surface area (Å²) in [5, 5.41) is 12.2. The number of aromatic nitrogens is 3. The molecule has 1 saturated heterocycles. The Bertz CT molecular complexity index is 649. The zero-order valence-electron chi connectivity index (χ0n) is 12.0. The van der Waals surface area contributed by atoms with Gasteiger partial charge in [-0.3, -0.25) is 9.78 Å². The van der Waals surface area contributed by atoms with Crippen LogP contribution in [-0.4, -0.2) is 44.0 Å². The molecule has 22 heavy (non-hydrogen) atoms. The van der Waals surface area contributed by atoms with Crippen molar-refractivity contribution < 1.29 is 9.90 Å². The van der Waals surface area contributed by atoms with Crippen molar-refractivity contribution >= 4 is 17.5 Å². The van der Waals surface area contributed by atoms with Crippen LogP contribution >= 0.6 is 0 Å². The van der Waals surface area contributed by atoms with Crippen molar-refractivity contribution in [2.45, 2.75) is 18.9 Å². The van der Waals surface area contributed by atoms with Crippen LogP contribution in [0.15, 0.2) is 36.8 Å². The van der Waals surface area contributed by atoms with Crippen LogP contribution in [0, 0.1) is 0 Å². The van der Waals surface area contributed by atoms with Crippen LogP contribution in [0.25, 0.3) is 0 Å². The molecule has 0 bridgehead atoms. The first-order valence-corrected chi connectivity index (χ1v) is 7.18. The lowest BCUT2D eigenvalue weighted by molar-refractivity contribution is -0.135. The van der Waals surface area contributed by atoms with Gasteiger partial charge < -0.3 is 15.3 Å². The third kappa shape index (κ3) is 3.04. The van der Waals surface area contributed by atoms with Gasteiger partial charge in [-0.25, -0.2) is 9.97 Å². The minimum absolute atomic E-state index is 0.0803. The molecule has 1 fully saturated rings. The Labute approximate surface area is 128 Å². The number of amides is 1. The number of hydrogen-bond donors (Lipinski definition) is 2. The lowest BCUT2D eigenvalue weighted by Crippen LogP contribution is -2.33. The standard InChI is InChI=1S/C15H17N5O2/c21-10-15(22)20-8-2-4-12(20)11-3-1-5-13(18-11)19-14-9-16-6-7-17-14/h1,3,5-7,9,12,21H,2,4,8,10H2,(H,17,18,19)/t12-/m0/s1. The summed E-state index contributed by atoms with van der Waals surface area (Å²) in [6.07, 6.45) is 6.59. The minimum Gasteiger partial charge on any atom is -0.387 e. The highest BCUT2D eigenvalue weighted by molar-refractivity contribution is 5.78. The molecule has 2 aromatic heterocycles. The van der Waals surface area contributed by atoms with Gasteiger partial charge in [-0.1, -0.05) is 6.07 Å². The van der Waals surface area contributed by atoms with E-state index in [1.54, 1.807) is 23.5 Å². The lowest BCUT2D eigenvalue weighted by Gasteiger charge is -2.23. The monoisotopic (exact) mass is 299 g/mol. The molecule has 114 valence electrons. The fourth-order valence-electron chi connectivity index (χ4n) is 2.67. The molecule has 0 aromatic carbocycles. The third-order valence-corrected chi connectivity index (χ3v) is 3.64. The van der Waals surface area contributed by atoms with Crippen LogP contribution in [0.3, 0.4) is 0 Å². The molecular formula is C15H17N5O2. The molecule has 0 saturated carbocycles. The second kappa shape index (κ2) is 6.48. The third-order valence-electron chi connectivity index (χ3n) is 3.64. The lowest BCUT2D eigenvalue weighted by atomic mass is 10.1. The summed E-state index contributed by atoms with van der Waals surface area (Å²) < 4.78 is 0. The highest BCUT2D eigenvalue weighted by Gasteiger charge is 2.30. The number of hydrogen-bond acceptors (Lipinski definition) is 6. The summed E-state index contributed by atoms with van der Waals surface area (Å²) >= 11 is 0. The molecule has 1 atom stereocenters. The fourth-order valence-corrected chi connectivity index (χ4v) is 2.67. The summed E-state index contributed by atoms with van der Waals surface area (Å²) in [6, 6.07) is 5.55. The van der Waals surface area contributed by atoms with Crippen molar-refractivity contribution in [2.24, 2.45) is 0 Å². The Morgan fingerprint density at radius 1 is 1.36 bits per heavy atom. The maximum atomic E-state index is 11.8. The van der Waals surface area contributed by atoms with E-state index in [0.29, 0.717) is 18.2 Å². The molecule has 2 N–H and O–H groups in total. The molecule has 3 heterocycles.